The molecule has 0 radical (unpaired) electrons. The lowest BCUT2D eigenvalue weighted by Gasteiger charge is -2.07. The van der Waals surface area contributed by atoms with Gasteiger partial charge in [0.15, 0.2) is 5.69 Å². The summed E-state index contributed by atoms with van der Waals surface area (Å²) >= 11 is 3.93. The average Bonchev–Trinajstić information content (AvgIpc) is 2.93. The predicted molar refractivity (Wildman–Crippen MR) is 86.7 cm³/mol. The molecule has 2 amide bonds. The van der Waals surface area contributed by atoms with Crippen LogP contribution in [0.1, 0.15) is 17.5 Å². The summed E-state index contributed by atoms with van der Waals surface area (Å²) in [7, 11) is 0. The summed E-state index contributed by atoms with van der Waals surface area (Å²) in [5.74, 6) is 0.161. The van der Waals surface area contributed by atoms with Crippen molar-refractivity contribution >= 4 is 39.1 Å². The molecule has 0 saturated carbocycles. The fraction of sp³-hybridized carbons (Fsp3) is 0.308. The van der Waals surface area contributed by atoms with Crippen molar-refractivity contribution in [1.29, 1.82) is 0 Å². The topological polar surface area (TPSA) is 87.1 Å². The monoisotopic (exact) mass is 424 g/mol. The van der Waals surface area contributed by atoms with E-state index < -0.39 is 24.5 Å². The summed E-state index contributed by atoms with van der Waals surface area (Å²) in [6.45, 7) is 1.39. The van der Waals surface area contributed by atoms with Crippen molar-refractivity contribution in [2.45, 2.75) is 19.7 Å². The molecule has 2 aromatic heterocycles. The summed E-state index contributed by atoms with van der Waals surface area (Å²) < 4.78 is 39.2. The van der Waals surface area contributed by atoms with Crippen LogP contribution >= 0.6 is 27.3 Å². The highest BCUT2D eigenvalue weighted by molar-refractivity contribution is 9.10. The lowest BCUT2D eigenvalue weighted by Crippen LogP contribution is -2.28. The zero-order valence-corrected chi connectivity index (χ0v) is 14.6. The third-order valence-electron chi connectivity index (χ3n) is 2.77. The van der Waals surface area contributed by atoms with Gasteiger partial charge in [-0.05, 0) is 28.9 Å². The van der Waals surface area contributed by atoms with E-state index in [1.54, 1.807) is 6.92 Å². The minimum absolute atomic E-state index is 0.0552. The second-order valence-corrected chi connectivity index (χ2v) is 6.42. The van der Waals surface area contributed by atoms with Crippen molar-refractivity contribution in [2.75, 3.05) is 11.9 Å². The number of pyridine rings is 1. The third kappa shape index (κ3) is 4.22. The predicted octanol–water partition coefficient (Wildman–Crippen LogP) is 3.62. The van der Waals surface area contributed by atoms with E-state index in [9.17, 15) is 18.0 Å². The van der Waals surface area contributed by atoms with E-state index in [4.69, 9.17) is 5.11 Å². The van der Waals surface area contributed by atoms with Gasteiger partial charge in [0.1, 0.15) is 10.8 Å². The molecule has 0 spiro atoms. The molecule has 11 heteroatoms. The van der Waals surface area contributed by atoms with Crippen molar-refractivity contribution in [2.24, 2.45) is 0 Å². The number of halogens is 4. The first-order valence-corrected chi connectivity index (χ1v) is 8.25. The number of aliphatic hydroxyl groups is 1. The van der Waals surface area contributed by atoms with Crippen molar-refractivity contribution in [3.63, 3.8) is 0 Å². The van der Waals surface area contributed by atoms with Gasteiger partial charge < -0.3 is 10.4 Å². The Labute approximate surface area is 147 Å². The molecular weight excluding hydrogens is 413 g/mol. The van der Waals surface area contributed by atoms with Crippen molar-refractivity contribution in [1.82, 2.24) is 15.3 Å². The molecule has 0 aromatic carbocycles. The lowest BCUT2D eigenvalue weighted by atomic mass is 10.2. The smallest absolute Gasteiger partial charge is 0.391 e. The normalized spacial score (nSPS) is 11.4. The molecule has 0 unspecified atom stereocenters. The van der Waals surface area contributed by atoms with E-state index in [2.05, 4.69) is 36.5 Å². The molecule has 2 aromatic rings. The van der Waals surface area contributed by atoms with Gasteiger partial charge in [-0.1, -0.05) is 0 Å². The molecule has 0 bridgehead atoms. The zero-order valence-electron chi connectivity index (χ0n) is 12.2. The first kappa shape index (κ1) is 18.6. The number of carbonyl (C=O) groups is 1. The molecule has 6 nitrogen and oxygen atoms in total. The Balaban J connectivity index is 2.41. The number of rotatable bonds is 4. The van der Waals surface area contributed by atoms with E-state index in [1.807, 2.05) is 0 Å². The van der Waals surface area contributed by atoms with E-state index >= 15 is 0 Å². The molecule has 3 N–H and O–H groups in total. The van der Waals surface area contributed by atoms with Gasteiger partial charge in [-0.2, -0.15) is 13.2 Å². The van der Waals surface area contributed by atoms with Gasteiger partial charge in [0.25, 0.3) is 0 Å². The molecular formula is C13H12BrF3N4O2S. The number of nitrogens with zero attached hydrogens (tertiary/aromatic N) is 2. The van der Waals surface area contributed by atoms with Crippen molar-refractivity contribution < 1.29 is 23.1 Å². The molecule has 130 valence electrons. The second-order valence-electron chi connectivity index (χ2n) is 4.48. The number of hydrogen-bond donors (Lipinski definition) is 3. The average molecular weight is 425 g/mol. The van der Waals surface area contributed by atoms with E-state index in [1.165, 1.54) is 12.3 Å². The third-order valence-corrected chi connectivity index (χ3v) is 4.48. The van der Waals surface area contributed by atoms with Gasteiger partial charge in [-0.3, -0.25) is 5.32 Å². The Kier molecular flexibility index (Phi) is 5.78. The zero-order chi connectivity index (χ0) is 17.9. The standard InChI is InChI=1S/C13H12BrF3N4O2S/c1-2-18-12(23)20-9-3-6(7(14)4-19-9)11-21-10(13(15,16)17)8(5-22)24-11/h3-4,22H,2,5H2,1H3,(H2,18,19,20,23). The number of nitrogens with one attached hydrogen (secondary N) is 2. The minimum atomic E-state index is -4.66. The highest BCUT2D eigenvalue weighted by Crippen LogP contribution is 2.39. The minimum Gasteiger partial charge on any atom is -0.391 e. The van der Waals surface area contributed by atoms with Gasteiger partial charge in [-0.15, -0.1) is 11.3 Å². The summed E-state index contributed by atoms with van der Waals surface area (Å²) in [6, 6.07) is 0.920. The van der Waals surface area contributed by atoms with Crippen LogP contribution in [0.5, 0.6) is 0 Å². The highest BCUT2D eigenvalue weighted by Gasteiger charge is 2.37. The van der Waals surface area contributed by atoms with E-state index in [0.717, 1.165) is 11.3 Å². The first-order chi connectivity index (χ1) is 11.3. The maximum atomic E-state index is 12.9. The number of urea groups is 1. The highest BCUT2D eigenvalue weighted by atomic mass is 79.9. The summed E-state index contributed by atoms with van der Waals surface area (Å²) in [5.41, 5.74) is -0.793. The van der Waals surface area contributed by atoms with Crippen LogP contribution in [0.2, 0.25) is 0 Å². The SMILES string of the molecule is CCNC(=O)Nc1cc(-c2nc(C(F)(F)F)c(CO)s2)c(Br)cn1. The Morgan fingerprint density at radius 2 is 2.17 bits per heavy atom. The Morgan fingerprint density at radius 1 is 1.46 bits per heavy atom. The van der Waals surface area contributed by atoms with Gasteiger partial charge >= 0.3 is 12.2 Å². The van der Waals surface area contributed by atoms with Gasteiger partial charge in [0, 0.05) is 22.8 Å². The Hall–Kier alpha value is -1.72. The first-order valence-electron chi connectivity index (χ1n) is 6.64. The van der Waals surface area contributed by atoms with Crippen LogP contribution in [-0.4, -0.2) is 27.7 Å². The molecule has 0 saturated heterocycles. The number of carbonyl (C=O) groups excluding carboxylic acids is 1. The molecule has 0 atom stereocenters. The van der Waals surface area contributed by atoms with E-state index in [0.29, 0.717) is 16.6 Å². The number of hydrogen-bond acceptors (Lipinski definition) is 5. The summed E-state index contributed by atoms with van der Waals surface area (Å²) in [6.07, 6.45) is -3.31. The van der Waals surface area contributed by atoms with E-state index in [-0.39, 0.29) is 15.7 Å². The van der Waals surface area contributed by atoms with Gasteiger partial charge in [0.05, 0.1) is 11.5 Å². The van der Waals surface area contributed by atoms with Gasteiger partial charge in [-0.25, -0.2) is 14.8 Å². The molecule has 0 aliphatic heterocycles. The van der Waals surface area contributed by atoms with Crippen LogP contribution in [0.25, 0.3) is 10.6 Å². The largest absolute Gasteiger partial charge is 0.434 e. The maximum Gasteiger partial charge on any atom is 0.434 e. The quantitative estimate of drug-likeness (QED) is 0.699. The molecule has 2 heterocycles. The van der Waals surface area contributed by atoms with Crippen molar-refractivity contribution in [3.05, 3.63) is 27.3 Å². The number of amides is 2. The number of anilines is 1. The van der Waals surface area contributed by atoms with Crippen LogP contribution < -0.4 is 10.6 Å². The Morgan fingerprint density at radius 3 is 2.71 bits per heavy atom. The number of alkyl halides is 3. The molecule has 0 aliphatic rings. The van der Waals surface area contributed by atoms with Gasteiger partial charge in [0.2, 0.25) is 0 Å². The van der Waals surface area contributed by atoms with Crippen LogP contribution in [-0.2, 0) is 12.8 Å². The van der Waals surface area contributed by atoms with Crippen LogP contribution in [0.4, 0.5) is 23.8 Å². The number of aromatic nitrogens is 2. The lowest BCUT2D eigenvalue weighted by molar-refractivity contribution is -0.141. The van der Waals surface area contributed by atoms with Crippen LogP contribution in [0.15, 0.2) is 16.7 Å². The number of aliphatic hydroxyl groups excluding tert-OH is 1. The van der Waals surface area contributed by atoms with Crippen molar-refractivity contribution in [3.8, 4) is 10.6 Å². The molecule has 24 heavy (non-hydrogen) atoms. The molecule has 0 aliphatic carbocycles. The fourth-order valence-corrected chi connectivity index (χ4v) is 3.30. The summed E-state index contributed by atoms with van der Waals surface area (Å²) in [5, 5.41) is 14.2. The van der Waals surface area contributed by atoms with Crippen LogP contribution in [0.3, 0.4) is 0 Å². The number of thiazole rings is 1. The molecule has 2 rings (SSSR count). The molecule has 0 fully saturated rings. The summed E-state index contributed by atoms with van der Waals surface area (Å²) in [4.78, 5) is 18.8. The Bertz CT molecular complexity index is 751. The second kappa shape index (κ2) is 7.45. The fourth-order valence-electron chi connectivity index (χ4n) is 1.79. The van der Waals surface area contributed by atoms with Crippen LogP contribution in [0, 0.1) is 0 Å². The maximum absolute atomic E-state index is 12.9.